The summed E-state index contributed by atoms with van der Waals surface area (Å²) in [6.07, 6.45) is 2.64. The van der Waals surface area contributed by atoms with Gasteiger partial charge in [0.1, 0.15) is 0 Å². The number of rotatable bonds is 3. The Morgan fingerprint density at radius 1 is 1.18 bits per heavy atom. The van der Waals surface area contributed by atoms with Crippen molar-refractivity contribution in [2.24, 2.45) is 11.7 Å². The molecule has 1 heterocycles. The van der Waals surface area contributed by atoms with E-state index in [2.05, 4.69) is 43.0 Å². The van der Waals surface area contributed by atoms with Crippen LogP contribution in [0.3, 0.4) is 0 Å². The van der Waals surface area contributed by atoms with E-state index < -0.39 is 0 Å². The fourth-order valence-electron chi connectivity index (χ4n) is 2.78. The first-order valence-corrected chi connectivity index (χ1v) is 6.72. The molecule has 2 rings (SSSR count). The number of anilines is 1. The number of benzene rings is 1. The van der Waals surface area contributed by atoms with Gasteiger partial charge in [0, 0.05) is 24.3 Å². The van der Waals surface area contributed by atoms with Crippen LogP contribution in [0.1, 0.15) is 45.2 Å². The second-order valence-corrected chi connectivity index (χ2v) is 5.53. The Hall–Kier alpha value is -1.02. The van der Waals surface area contributed by atoms with Gasteiger partial charge in [0.05, 0.1) is 0 Å². The first kappa shape index (κ1) is 12.4. The Morgan fingerprint density at radius 3 is 2.35 bits per heavy atom. The van der Waals surface area contributed by atoms with Gasteiger partial charge in [-0.15, -0.1) is 0 Å². The van der Waals surface area contributed by atoms with Crippen LogP contribution in [0.4, 0.5) is 5.69 Å². The lowest BCUT2D eigenvalue weighted by molar-refractivity contribution is 0.492. The van der Waals surface area contributed by atoms with Crippen molar-refractivity contribution in [3.63, 3.8) is 0 Å². The average molecular weight is 232 g/mol. The minimum absolute atomic E-state index is 0.128. The Labute approximate surface area is 105 Å². The minimum atomic E-state index is 0.128. The molecule has 1 aromatic carbocycles. The summed E-state index contributed by atoms with van der Waals surface area (Å²) in [5.41, 5.74) is 8.45. The second kappa shape index (κ2) is 5.09. The molecule has 0 saturated carbocycles. The second-order valence-electron chi connectivity index (χ2n) is 5.53. The number of hydrogen-bond donors (Lipinski definition) is 1. The normalized spacial score (nSPS) is 22.2. The maximum absolute atomic E-state index is 5.88. The molecule has 2 atom stereocenters. The number of nitrogens with zero attached hydrogens (tertiary/aromatic N) is 1. The largest absolute Gasteiger partial charge is 0.368 e. The van der Waals surface area contributed by atoms with Crippen molar-refractivity contribution in [1.82, 2.24) is 0 Å². The molecule has 1 saturated heterocycles. The van der Waals surface area contributed by atoms with Crippen LogP contribution in [0.5, 0.6) is 0 Å². The lowest BCUT2D eigenvalue weighted by Crippen LogP contribution is -2.33. The monoisotopic (exact) mass is 232 g/mol. The van der Waals surface area contributed by atoms with Crippen LogP contribution >= 0.6 is 0 Å². The zero-order valence-corrected chi connectivity index (χ0v) is 11.2. The number of hydrogen-bond acceptors (Lipinski definition) is 2. The molecule has 1 aliphatic heterocycles. The highest BCUT2D eigenvalue weighted by Gasteiger charge is 2.26. The van der Waals surface area contributed by atoms with Crippen molar-refractivity contribution >= 4 is 5.69 Å². The molecule has 0 aromatic heterocycles. The third-order valence-electron chi connectivity index (χ3n) is 3.82. The van der Waals surface area contributed by atoms with Crippen molar-refractivity contribution in [1.29, 1.82) is 0 Å². The smallest absolute Gasteiger partial charge is 0.0369 e. The standard InChI is InChI=1S/C15H24N2/c1-11(2)15-5-4-10-17(15)14-8-6-13(7-9-14)12(3)16/h6-9,11-12,15H,4-5,10,16H2,1-3H3/t12-,15?/m0/s1. The molecule has 17 heavy (non-hydrogen) atoms. The molecule has 1 aliphatic rings. The van der Waals surface area contributed by atoms with Crippen LogP contribution in [-0.2, 0) is 0 Å². The highest BCUT2D eigenvalue weighted by Crippen LogP contribution is 2.30. The summed E-state index contributed by atoms with van der Waals surface area (Å²) in [6, 6.07) is 9.60. The van der Waals surface area contributed by atoms with Gasteiger partial charge < -0.3 is 10.6 Å². The van der Waals surface area contributed by atoms with E-state index in [1.165, 1.54) is 30.6 Å². The van der Waals surface area contributed by atoms with Gasteiger partial charge >= 0.3 is 0 Å². The summed E-state index contributed by atoms with van der Waals surface area (Å²) in [7, 11) is 0. The molecule has 0 radical (unpaired) electrons. The van der Waals surface area contributed by atoms with E-state index in [0.29, 0.717) is 6.04 Å². The van der Waals surface area contributed by atoms with Crippen molar-refractivity contribution in [3.05, 3.63) is 29.8 Å². The molecular formula is C15H24N2. The molecule has 1 aromatic rings. The molecule has 2 nitrogen and oxygen atoms in total. The summed E-state index contributed by atoms with van der Waals surface area (Å²) >= 11 is 0. The van der Waals surface area contributed by atoms with E-state index in [4.69, 9.17) is 5.73 Å². The fraction of sp³-hybridized carbons (Fsp3) is 0.600. The summed E-state index contributed by atoms with van der Waals surface area (Å²) < 4.78 is 0. The molecule has 0 amide bonds. The molecule has 0 spiro atoms. The predicted octanol–water partition coefficient (Wildman–Crippen LogP) is 3.33. The van der Waals surface area contributed by atoms with Crippen LogP contribution < -0.4 is 10.6 Å². The van der Waals surface area contributed by atoms with Crippen molar-refractivity contribution in [2.75, 3.05) is 11.4 Å². The van der Waals surface area contributed by atoms with E-state index in [0.717, 1.165) is 5.92 Å². The Morgan fingerprint density at radius 2 is 1.82 bits per heavy atom. The first-order chi connectivity index (χ1) is 8.09. The molecule has 94 valence electrons. The maximum atomic E-state index is 5.88. The minimum Gasteiger partial charge on any atom is -0.368 e. The van der Waals surface area contributed by atoms with Gasteiger partial charge in [0.25, 0.3) is 0 Å². The number of nitrogens with two attached hydrogens (primary N) is 1. The maximum Gasteiger partial charge on any atom is 0.0369 e. The van der Waals surface area contributed by atoms with Crippen molar-refractivity contribution < 1.29 is 0 Å². The van der Waals surface area contributed by atoms with E-state index in [1.54, 1.807) is 0 Å². The van der Waals surface area contributed by atoms with Crippen molar-refractivity contribution in [3.8, 4) is 0 Å². The van der Waals surface area contributed by atoms with Crippen LogP contribution in [0.2, 0.25) is 0 Å². The third kappa shape index (κ3) is 2.63. The quantitative estimate of drug-likeness (QED) is 0.866. The summed E-state index contributed by atoms with van der Waals surface area (Å²) in [5, 5.41) is 0. The van der Waals surface area contributed by atoms with Crippen LogP contribution in [0.25, 0.3) is 0 Å². The lowest BCUT2D eigenvalue weighted by atomic mass is 10.0. The molecular weight excluding hydrogens is 208 g/mol. The molecule has 1 unspecified atom stereocenters. The molecule has 1 fully saturated rings. The van der Waals surface area contributed by atoms with Gasteiger partial charge in [0.2, 0.25) is 0 Å². The van der Waals surface area contributed by atoms with Gasteiger partial charge in [-0.3, -0.25) is 0 Å². The third-order valence-corrected chi connectivity index (χ3v) is 3.82. The zero-order valence-electron chi connectivity index (χ0n) is 11.2. The first-order valence-electron chi connectivity index (χ1n) is 6.72. The SMILES string of the molecule is CC(C)C1CCCN1c1ccc([C@H](C)N)cc1. The lowest BCUT2D eigenvalue weighted by Gasteiger charge is -2.30. The molecule has 0 bridgehead atoms. The van der Waals surface area contributed by atoms with Crippen LogP contribution in [0, 0.1) is 5.92 Å². The van der Waals surface area contributed by atoms with E-state index in [9.17, 15) is 0 Å². The van der Waals surface area contributed by atoms with Gasteiger partial charge in [-0.25, -0.2) is 0 Å². The van der Waals surface area contributed by atoms with Gasteiger partial charge in [-0.2, -0.15) is 0 Å². The zero-order chi connectivity index (χ0) is 12.4. The topological polar surface area (TPSA) is 29.3 Å². The van der Waals surface area contributed by atoms with E-state index in [1.807, 2.05) is 6.92 Å². The Balaban J connectivity index is 2.16. The summed E-state index contributed by atoms with van der Waals surface area (Å²) in [4.78, 5) is 2.55. The molecule has 2 N–H and O–H groups in total. The highest BCUT2D eigenvalue weighted by atomic mass is 15.2. The van der Waals surface area contributed by atoms with Gasteiger partial charge in [-0.1, -0.05) is 26.0 Å². The Kier molecular flexibility index (Phi) is 3.72. The molecule has 0 aliphatic carbocycles. The Bertz CT molecular complexity index is 354. The van der Waals surface area contributed by atoms with E-state index >= 15 is 0 Å². The van der Waals surface area contributed by atoms with Gasteiger partial charge in [0.15, 0.2) is 0 Å². The fourth-order valence-corrected chi connectivity index (χ4v) is 2.78. The summed E-state index contributed by atoms with van der Waals surface area (Å²) in [5.74, 6) is 0.727. The van der Waals surface area contributed by atoms with Gasteiger partial charge in [-0.05, 0) is 43.4 Å². The highest BCUT2D eigenvalue weighted by molar-refractivity contribution is 5.50. The van der Waals surface area contributed by atoms with Crippen LogP contribution in [-0.4, -0.2) is 12.6 Å². The van der Waals surface area contributed by atoms with Crippen molar-refractivity contribution in [2.45, 2.75) is 45.7 Å². The van der Waals surface area contributed by atoms with E-state index in [-0.39, 0.29) is 6.04 Å². The molecule has 2 heteroatoms. The summed E-state index contributed by atoms with van der Waals surface area (Å²) in [6.45, 7) is 7.86. The average Bonchev–Trinajstić information content (AvgIpc) is 2.78. The predicted molar refractivity (Wildman–Crippen MR) is 74.3 cm³/mol. The van der Waals surface area contributed by atoms with Crippen LogP contribution in [0.15, 0.2) is 24.3 Å².